The van der Waals surface area contributed by atoms with E-state index in [-0.39, 0.29) is 0 Å². The van der Waals surface area contributed by atoms with Crippen LogP contribution in [0.5, 0.6) is 0 Å². The molecule has 0 radical (unpaired) electrons. The van der Waals surface area contributed by atoms with Crippen LogP contribution in [0.4, 0.5) is 0 Å². The summed E-state index contributed by atoms with van der Waals surface area (Å²) >= 11 is 1.49. The first kappa shape index (κ1) is 13.8. The van der Waals surface area contributed by atoms with Crippen molar-refractivity contribution in [1.82, 2.24) is 4.98 Å². The van der Waals surface area contributed by atoms with Gasteiger partial charge in [0.25, 0.3) is 0 Å². The number of rotatable bonds is 3. The molecule has 2 aromatic carbocycles. The molecular weight excluding hydrogens is 278 g/mol. The Morgan fingerprint density at radius 2 is 1.81 bits per heavy atom. The van der Waals surface area contributed by atoms with E-state index in [1.807, 2.05) is 54.6 Å². The normalized spacial score (nSPS) is 13.6. The summed E-state index contributed by atoms with van der Waals surface area (Å²) in [5.41, 5.74) is 4.11. The lowest BCUT2D eigenvalue weighted by Gasteiger charge is -2.23. The molecule has 0 bridgehead atoms. The Balaban J connectivity index is 2.12. The summed E-state index contributed by atoms with van der Waals surface area (Å²) in [5.74, 6) is 0. The molecule has 3 aromatic rings. The molecule has 104 valence electrons. The van der Waals surface area contributed by atoms with Crippen LogP contribution < -0.4 is 0 Å². The summed E-state index contributed by atoms with van der Waals surface area (Å²) in [4.78, 5) is 4.56. The molecule has 1 unspecified atom stereocenters. The number of aromatic nitrogens is 1. The Morgan fingerprint density at radius 3 is 2.48 bits per heavy atom. The highest BCUT2D eigenvalue weighted by Crippen LogP contribution is 2.38. The Hall–Kier alpha value is -2.19. The fraction of sp³-hybridized carbons (Fsp3) is 0.111. The van der Waals surface area contributed by atoms with Gasteiger partial charge in [0.05, 0.1) is 10.2 Å². The van der Waals surface area contributed by atoms with Crippen LogP contribution in [0.2, 0.25) is 0 Å². The van der Waals surface area contributed by atoms with Crippen LogP contribution in [-0.2, 0) is 5.60 Å². The van der Waals surface area contributed by atoms with Gasteiger partial charge in [-0.15, -0.1) is 17.1 Å². The molecule has 0 saturated carbocycles. The molecule has 0 spiro atoms. The second-order valence-corrected chi connectivity index (χ2v) is 6.01. The third kappa shape index (κ3) is 2.43. The summed E-state index contributed by atoms with van der Waals surface area (Å²) in [6.07, 6.45) is 0. The van der Waals surface area contributed by atoms with Crippen molar-refractivity contribution in [1.29, 1.82) is 0 Å². The van der Waals surface area contributed by atoms with Crippen LogP contribution >= 0.6 is 11.3 Å². The molecule has 0 aliphatic rings. The summed E-state index contributed by atoms with van der Waals surface area (Å²) in [7, 11) is 0. The van der Waals surface area contributed by atoms with Gasteiger partial charge >= 0.3 is 0 Å². The second kappa shape index (κ2) is 5.30. The van der Waals surface area contributed by atoms with Crippen molar-refractivity contribution in [2.24, 2.45) is 0 Å². The highest BCUT2D eigenvalue weighted by Gasteiger charge is 2.32. The molecular formula is C18H15NOS. The maximum atomic E-state index is 11.0. The van der Waals surface area contributed by atoms with E-state index in [4.69, 9.17) is 0 Å². The largest absolute Gasteiger partial charge is 0.377 e. The monoisotopic (exact) mass is 293 g/mol. The van der Waals surface area contributed by atoms with Gasteiger partial charge in [-0.3, -0.25) is 0 Å². The predicted molar refractivity (Wildman–Crippen MR) is 88.2 cm³/mol. The zero-order chi connectivity index (χ0) is 14.9. The van der Waals surface area contributed by atoms with Crippen molar-refractivity contribution < 1.29 is 5.11 Å². The standard InChI is InChI=1S/C18H15NOS/c1-3-14(13-9-5-4-6-10-13)18(2,20)17-19-15-11-7-8-12-16(15)21-17/h4-12,20H,1H2,2H3. The van der Waals surface area contributed by atoms with Crippen molar-refractivity contribution in [2.75, 3.05) is 0 Å². The lowest BCUT2D eigenvalue weighted by atomic mass is 9.91. The van der Waals surface area contributed by atoms with Crippen molar-refractivity contribution in [3.05, 3.63) is 77.5 Å². The number of hydrogen-bond donors (Lipinski definition) is 1. The topological polar surface area (TPSA) is 33.1 Å². The minimum Gasteiger partial charge on any atom is -0.377 e. The molecule has 0 saturated heterocycles. The Kier molecular flexibility index (Phi) is 3.48. The van der Waals surface area contributed by atoms with Gasteiger partial charge in [-0.25, -0.2) is 4.98 Å². The first-order valence-electron chi connectivity index (χ1n) is 6.67. The van der Waals surface area contributed by atoms with Gasteiger partial charge in [0.15, 0.2) is 0 Å². The van der Waals surface area contributed by atoms with Crippen molar-refractivity contribution in [2.45, 2.75) is 12.5 Å². The molecule has 21 heavy (non-hydrogen) atoms. The van der Waals surface area contributed by atoms with Crippen LogP contribution in [0.1, 0.15) is 17.5 Å². The number of fused-ring (bicyclic) bond motifs is 1. The Bertz CT molecular complexity index is 794. The van der Waals surface area contributed by atoms with Crippen LogP contribution in [0.15, 0.2) is 66.9 Å². The van der Waals surface area contributed by atoms with Gasteiger partial charge in [0.1, 0.15) is 10.6 Å². The van der Waals surface area contributed by atoms with Gasteiger partial charge in [0, 0.05) is 5.57 Å². The average Bonchev–Trinajstić information content (AvgIpc) is 2.93. The zero-order valence-electron chi connectivity index (χ0n) is 11.7. The first-order chi connectivity index (χ1) is 10.1. The number of nitrogens with zero attached hydrogens (tertiary/aromatic N) is 1. The number of benzene rings is 2. The third-order valence-corrected chi connectivity index (χ3v) is 4.68. The van der Waals surface area contributed by atoms with Crippen LogP contribution in [0.25, 0.3) is 15.8 Å². The van der Waals surface area contributed by atoms with Gasteiger partial charge in [-0.05, 0) is 24.6 Å². The minimum absolute atomic E-state index is 0.641. The lowest BCUT2D eigenvalue weighted by molar-refractivity contribution is 0.122. The second-order valence-electron chi connectivity index (χ2n) is 4.98. The zero-order valence-corrected chi connectivity index (χ0v) is 12.5. The van der Waals surface area contributed by atoms with E-state index in [9.17, 15) is 5.11 Å². The number of para-hydroxylation sites is 1. The van der Waals surface area contributed by atoms with Gasteiger partial charge < -0.3 is 5.11 Å². The maximum Gasteiger partial charge on any atom is 0.146 e. The van der Waals surface area contributed by atoms with Gasteiger partial charge in [-0.1, -0.05) is 49.0 Å². The van der Waals surface area contributed by atoms with Crippen molar-refractivity contribution >= 4 is 27.1 Å². The number of thiazole rings is 1. The molecule has 0 aliphatic heterocycles. The fourth-order valence-electron chi connectivity index (χ4n) is 2.35. The van der Waals surface area contributed by atoms with Crippen molar-refractivity contribution in [3.8, 4) is 0 Å². The average molecular weight is 293 g/mol. The summed E-state index contributed by atoms with van der Waals surface area (Å²) < 4.78 is 1.06. The number of aliphatic hydroxyl groups is 1. The molecule has 1 aromatic heterocycles. The molecule has 0 aliphatic carbocycles. The third-order valence-electron chi connectivity index (χ3n) is 3.44. The van der Waals surface area contributed by atoms with E-state index < -0.39 is 5.60 Å². The van der Waals surface area contributed by atoms with Crippen LogP contribution in [0.3, 0.4) is 0 Å². The van der Waals surface area contributed by atoms with Crippen molar-refractivity contribution in [3.63, 3.8) is 0 Å². The Labute approximate surface area is 127 Å². The number of hydrogen-bond acceptors (Lipinski definition) is 3. The molecule has 3 rings (SSSR count). The summed E-state index contributed by atoms with van der Waals surface area (Å²) in [6, 6.07) is 17.6. The van der Waals surface area contributed by atoms with E-state index in [2.05, 4.69) is 17.3 Å². The minimum atomic E-state index is -1.22. The van der Waals surface area contributed by atoms with E-state index in [0.717, 1.165) is 15.8 Å². The van der Waals surface area contributed by atoms with E-state index in [0.29, 0.717) is 10.6 Å². The smallest absolute Gasteiger partial charge is 0.146 e. The van der Waals surface area contributed by atoms with E-state index in [1.54, 1.807) is 6.92 Å². The molecule has 2 nitrogen and oxygen atoms in total. The van der Waals surface area contributed by atoms with Gasteiger partial charge in [0.2, 0.25) is 0 Å². The summed E-state index contributed by atoms with van der Waals surface area (Å²) in [6.45, 7) is 5.48. The quantitative estimate of drug-likeness (QED) is 0.727. The SMILES string of the molecule is C=C=C(c1ccccc1)C(C)(O)c1nc2ccccc2s1. The highest BCUT2D eigenvalue weighted by atomic mass is 32.1. The predicted octanol–water partition coefficient (Wildman–Crippen LogP) is 4.37. The van der Waals surface area contributed by atoms with E-state index >= 15 is 0 Å². The molecule has 1 heterocycles. The lowest BCUT2D eigenvalue weighted by Crippen LogP contribution is -2.22. The molecule has 0 fully saturated rings. The van der Waals surface area contributed by atoms with E-state index in [1.165, 1.54) is 11.3 Å². The first-order valence-corrected chi connectivity index (χ1v) is 7.49. The molecule has 1 N–H and O–H groups in total. The maximum absolute atomic E-state index is 11.0. The molecule has 1 atom stereocenters. The fourth-order valence-corrected chi connectivity index (χ4v) is 3.37. The Morgan fingerprint density at radius 1 is 1.14 bits per heavy atom. The molecule has 0 amide bonds. The van der Waals surface area contributed by atoms with Crippen LogP contribution in [0, 0.1) is 0 Å². The molecule has 3 heteroatoms. The van der Waals surface area contributed by atoms with Gasteiger partial charge in [-0.2, -0.15) is 0 Å². The van der Waals surface area contributed by atoms with Crippen LogP contribution in [-0.4, -0.2) is 10.1 Å². The highest BCUT2D eigenvalue weighted by molar-refractivity contribution is 7.18. The summed E-state index contributed by atoms with van der Waals surface area (Å²) in [5, 5.41) is 11.7.